The van der Waals surface area contributed by atoms with Gasteiger partial charge in [0, 0.05) is 69.6 Å². The highest BCUT2D eigenvalue weighted by Gasteiger charge is 2.25. The van der Waals surface area contributed by atoms with Gasteiger partial charge in [0.1, 0.15) is 11.6 Å². The van der Waals surface area contributed by atoms with Gasteiger partial charge in [-0.2, -0.15) is 0 Å². The molecule has 0 radical (unpaired) electrons. The van der Waals surface area contributed by atoms with Crippen LogP contribution in [-0.2, 0) is 33.6 Å². The third-order valence-corrected chi connectivity index (χ3v) is 5.64. The highest BCUT2D eigenvalue weighted by molar-refractivity contribution is 6.13. The van der Waals surface area contributed by atoms with E-state index in [4.69, 9.17) is 9.94 Å². The van der Waals surface area contributed by atoms with Crippen molar-refractivity contribution in [2.24, 2.45) is 5.92 Å². The molecule has 0 unspecified atom stereocenters. The molecule has 2 aliphatic rings. The van der Waals surface area contributed by atoms with Crippen LogP contribution in [0.15, 0.2) is 24.3 Å². The van der Waals surface area contributed by atoms with Crippen LogP contribution in [0.1, 0.15) is 44.9 Å². The number of hydrogen-bond donors (Lipinski definition) is 2. The monoisotopic (exact) mass is 477 g/mol. The van der Waals surface area contributed by atoms with Crippen LogP contribution in [0.4, 0.5) is 0 Å². The van der Waals surface area contributed by atoms with E-state index in [1.165, 1.54) is 24.3 Å². The molecular formula is C23H31N3O8. The van der Waals surface area contributed by atoms with Crippen LogP contribution in [0.5, 0.6) is 0 Å². The number of carbonyl (C=O) groups is 6. The van der Waals surface area contributed by atoms with Crippen molar-refractivity contribution < 1.29 is 38.7 Å². The molecule has 0 aliphatic carbocycles. The zero-order valence-electron chi connectivity index (χ0n) is 19.1. The van der Waals surface area contributed by atoms with Crippen LogP contribution in [0.3, 0.4) is 0 Å². The van der Waals surface area contributed by atoms with Crippen LogP contribution in [0, 0.1) is 5.92 Å². The molecule has 2 rings (SSSR count). The minimum Gasteiger partial charge on any atom is -0.394 e. The summed E-state index contributed by atoms with van der Waals surface area (Å²) in [5.74, 6) is -1.80. The number of ketones is 2. The van der Waals surface area contributed by atoms with Crippen LogP contribution in [-0.4, -0.2) is 82.9 Å². The molecule has 0 aromatic carbocycles. The Morgan fingerprint density at radius 3 is 1.62 bits per heavy atom. The molecule has 0 atom stereocenters. The van der Waals surface area contributed by atoms with Gasteiger partial charge in [-0.05, 0) is 25.2 Å². The molecule has 0 fully saturated rings. The van der Waals surface area contributed by atoms with Gasteiger partial charge in [-0.3, -0.25) is 43.4 Å². The zero-order valence-corrected chi connectivity index (χ0v) is 19.1. The molecule has 0 aromatic heterocycles. The number of amides is 4. The first-order valence-electron chi connectivity index (χ1n) is 11.4. The van der Waals surface area contributed by atoms with Crippen molar-refractivity contribution in [3.63, 3.8) is 0 Å². The number of Topliss-reactive ketones (excluding diaryl/α,β-unsaturated/α-hetero) is 2. The topological polar surface area (TPSA) is 150 Å². The number of aliphatic hydroxyl groups excluding tert-OH is 1. The maximum absolute atomic E-state index is 12.3. The lowest BCUT2D eigenvalue weighted by molar-refractivity contribution is -0.139. The first kappa shape index (κ1) is 27.2. The van der Waals surface area contributed by atoms with Gasteiger partial charge in [0.15, 0.2) is 0 Å². The van der Waals surface area contributed by atoms with Crippen molar-refractivity contribution in [2.75, 3.05) is 32.8 Å². The van der Waals surface area contributed by atoms with Gasteiger partial charge in [0.2, 0.25) is 0 Å². The van der Waals surface area contributed by atoms with Gasteiger partial charge in [0.25, 0.3) is 23.6 Å². The fourth-order valence-electron chi connectivity index (χ4n) is 3.64. The predicted molar refractivity (Wildman–Crippen MR) is 119 cm³/mol. The number of carbonyl (C=O) groups excluding carboxylic acids is 6. The number of hydrogen-bond acceptors (Lipinski definition) is 9. The molecule has 34 heavy (non-hydrogen) atoms. The second-order valence-electron chi connectivity index (χ2n) is 8.10. The van der Waals surface area contributed by atoms with E-state index >= 15 is 0 Å². The molecular weight excluding hydrogens is 446 g/mol. The molecule has 186 valence electrons. The van der Waals surface area contributed by atoms with Crippen LogP contribution in [0.25, 0.3) is 0 Å². The van der Waals surface area contributed by atoms with Gasteiger partial charge in [0.05, 0.1) is 13.2 Å². The molecule has 0 spiro atoms. The van der Waals surface area contributed by atoms with Crippen molar-refractivity contribution in [3.8, 4) is 0 Å². The molecule has 4 amide bonds. The summed E-state index contributed by atoms with van der Waals surface area (Å²) in [5, 5.41) is 8.75. The fourth-order valence-corrected chi connectivity index (χ4v) is 3.64. The fraction of sp³-hybridized carbons (Fsp3) is 0.565. The maximum atomic E-state index is 12.3. The Morgan fingerprint density at radius 1 is 0.765 bits per heavy atom. The number of aliphatic hydroxyl groups is 1. The van der Waals surface area contributed by atoms with Crippen molar-refractivity contribution in [1.29, 1.82) is 0 Å². The molecule has 2 heterocycles. The van der Waals surface area contributed by atoms with Crippen LogP contribution >= 0.6 is 0 Å². The average Bonchev–Trinajstić information content (AvgIpc) is 3.31. The number of nitrogens with one attached hydrogen (secondary N) is 1. The molecule has 0 saturated carbocycles. The lowest BCUT2D eigenvalue weighted by Gasteiger charge is -2.18. The average molecular weight is 478 g/mol. The van der Waals surface area contributed by atoms with Crippen molar-refractivity contribution in [1.82, 2.24) is 15.3 Å². The summed E-state index contributed by atoms with van der Waals surface area (Å²) in [6, 6.07) is 0. The highest BCUT2D eigenvalue weighted by Crippen LogP contribution is 2.19. The van der Waals surface area contributed by atoms with Crippen LogP contribution in [0.2, 0.25) is 0 Å². The smallest absolute Gasteiger partial charge is 0.253 e. The van der Waals surface area contributed by atoms with Crippen molar-refractivity contribution in [3.05, 3.63) is 24.3 Å². The Kier molecular flexibility index (Phi) is 11.4. The first-order valence-corrected chi connectivity index (χ1v) is 11.4. The number of imide groups is 2. The maximum Gasteiger partial charge on any atom is 0.253 e. The predicted octanol–water partition coefficient (Wildman–Crippen LogP) is -0.165. The molecule has 0 aromatic rings. The summed E-state index contributed by atoms with van der Waals surface area (Å²) in [4.78, 5) is 78.0. The van der Waals surface area contributed by atoms with Gasteiger partial charge in [-0.15, -0.1) is 0 Å². The molecule has 2 aliphatic heterocycles. The van der Waals surface area contributed by atoms with Gasteiger partial charge in [-0.25, -0.2) is 5.48 Å². The van der Waals surface area contributed by atoms with Gasteiger partial charge >= 0.3 is 0 Å². The minimum absolute atomic E-state index is 0.0339. The number of hydroxylamine groups is 1. The van der Waals surface area contributed by atoms with E-state index in [1.54, 1.807) is 0 Å². The molecule has 11 heteroatoms. The minimum atomic E-state index is -0.420. The standard InChI is InChI=1S/C23H31N3O8/c27-15-16-34-24-12-9-17(1-3-18(28)10-13-25-20(30)5-6-21(25)31)2-4-19(29)11-14-26-22(32)7-8-23(26)33/h5-8,17,24,27H,1-4,9-16H2. The van der Waals surface area contributed by atoms with E-state index < -0.39 is 23.6 Å². The second kappa shape index (κ2) is 14.3. The van der Waals surface area contributed by atoms with E-state index in [1.807, 2.05) is 0 Å². The highest BCUT2D eigenvalue weighted by atomic mass is 16.6. The van der Waals surface area contributed by atoms with E-state index in [9.17, 15) is 28.8 Å². The number of nitrogens with zero attached hydrogens (tertiary/aromatic N) is 2. The normalized spacial score (nSPS) is 15.5. The Labute approximate surface area is 197 Å². The summed E-state index contributed by atoms with van der Waals surface area (Å²) in [5.41, 5.74) is 2.73. The molecule has 2 N–H and O–H groups in total. The Bertz CT molecular complexity index is 753. The summed E-state index contributed by atoms with van der Waals surface area (Å²) in [6.45, 7) is 0.595. The molecule has 0 bridgehead atoms. The second-order valence-corrected chi connectivity index (χ2v) is 8.10. The summed E-state index contributed by atoms with van der Waals surface area (Å²) in [6.07, 6.45) is 7.06. The zero-order chi connectivity index (χ0) is 24.9. The Hall–Kier alpha value is -3.02. The first-order chi connectivity index (χ1) is 16.3. The van der Waals surface area contributed by atoms with E-state index in [0.29, 0.717) is 25.8 Å². The third kappa shape index (κ3) is 9.08. The van der Waals surface area contributed by atoms with Gasteiger partial charge in [-0.1, -0.05) is 0 Å². The Balaban J connectivity index is 1.74. The lowest BCUT2D eigenvalue weighted by Crippen LogP contribution is -2.32. The SMILES string of the molecule is O=C(CCC(CCNOCCO)CCC(=O)CCN1C(=O)C=CC1=O)CCN1C(=O)C=CC1=O. The van der Waals surface area contributed by atoms with E-state index in [2.05, 4.69) is 5.48 Å². The van der Waals surface area contributed by atoms with Crippen molar-refractivity contribution in [2.45, 2.75) is 44.9 Å². The summed E-state index contributed by atoms with van der Waals surface area (Å²) in [7, 11) is 0. The van der Waals surface area contributed by atoms with Crippen LogP contribution < -0.4 is 5.48 Å². The Morgan fingerprint density at radius 2 is 1.21 bits per heavy atom. The number of rotatable bonds is 18. The summed E-state index contributed by atoms with van der Waals surface area (Å²) < 4.78 is 0. The van der Waals surface area contributed by atoms with Crippen molar-refractivity contribution >= 4 is 35.2 Å². The lowest BCUT2D eigenvalue weighted by atomic mass is 9.91. The molecule has 11 nitrogen and oxygen atoms in total. The van der Waals surface area contributed by atoms with E-state index in [0.717, 1.165) is 9.80 Å². The third-order valence-electron chi connectivity index (χ3n) is 5.64. The van der Waals surface area contributed by atoms with E-state index in [-0.39, 0.29) is 69.5 Å². The summed E-state index contributed by atoms with van der Waals surface area (Å²) >= 11 is 0. The van der Waals surface area contributed by atoms with Gasteiger partial charge < -0.3 is 5.11 Å². The largest absolute Gasteiger partial charge is 0.394 e. The quantitative estimate of drug-likeness (QED) is 0.156. The molecule has 0 saturated heterocycles.